The van der Waals surface area contributed by atoms with E-state index in [1.165, 1.54) is 32.8 Å². The largest absolute Gasteiger partial charge is 0.464 e. The third-order valence-corrected chi connectivity index (χ3v) is 27.2. The van der Waals surface area contributed by atoms with Crippen molar-refractivity contribution in [3.8, 4) is 11.5 Å². The lowest BCUT2D eigenvalue weighted by Gasteiger charge is -2.26. The molecule has 3 aliphatic carbocycles. The maximum atomic E-state index is 14.3. The number of ether oxygens (including phenoxy) is 2. The Balaban J connectivity index is 0.000000177. The minimum absolute atomic E-state index is 0.0378. The summed E-state index contributed by atoms with van der Waals surface area (Å²) in [6, 6.07) is 28.6. The molecule has 13 N–H and O–H groups in total. The van der Waals surface area contributed by atoms with Crippen LogP contribution in [0.1, 0.15) is 139 Å². The van der Waals surface area contributed by atoms with E-state index in [2.05, 4.69) is 60.1 Å². The van der Waals surface area contributed by atoms with Gasteiger partial charge in [0.05, 0.1) is 138 Å². The number of hydrogen-bond acceptors (Lipinski definition) is 28. The Morgan fingerprint density at radius 1 is 0.525 bits per heavy atom. The van der Waals surface area contributed by atoms with Gasteiger partial charge in [0.2, 0.25) is 0 Å². The fourth-order valence-electron chi connectivity index (χ4n) is 14.5. The molecular formula is C83H109N12O21P3S. The van der Waals surface area contributed by atoms with Gasteiger partial charge in [-0.05, 0) is 116 Å². The minimum Gasteiger partial charge on any atom is -0.464 e. The van der Waals surface area contributed by atoms with Gasteiger partial charge >= 0.3 is 35.2 Å². The summed E-state index contributed by atoms with van der Waals surface area (Å²) >= 11 is 0.993. The smallest absolute Gasteiger partial charge is 0.459 e. The van der Waals surface area contributed by atoms with Crippen molar-refractivity contribution in [2.24, 2.45) is 28.6 Å². The number of aromatic amines is 3. The van der Waals surface area contributed by atoms with E-state index >= 15 is 0 Å². The summed E-state index contributed by atoms with van der Waals surface area (Å²) in [5, 5.41) is 84.5. The molecule has 648 valence electrons. The van der Waals surface area contributed by atoms with E-state index in [9.17, 15) is 63.8 Å². The fourth-order valence-corrected chi connectivity index (χ4v) is 19.9. The highest BCUT2D eigenvalue weighted by molar-refractivity contribution is 8.13. The Bertz CT molecular complexity index is 5270. The maximum absolute atomic E-state index is 14.3. The average molecular weight is 1740 g/mol. The minimum atomic E-state index is -4.21. The highest BCUT2D eigenvalue weighted by Crippen LogP contribution is 2.53. The van der Waals surface area contributed by atoms with Crippen molar-refractivity contribution in [2.75, 3.05) is 45.4 Å². The molecular weight excluding hydrogens is 1630 g/mol. The van der Waals surface area contributed by atoms with Crippen LogP contribution in [0.4, 0.5) is 0 Å². The van der Waals surface area contributed by atoms with Gasteiger partial charge in [0.15, 0.2) is 5.12 Å². The van der Waals surface area contributed by atoms with Crippen molar-refractivity contribution in [1.29, 1.82) is 0 Å². The predicted molar refractivity (Wildman–Crippen MR) is 451 cm³/mol. The highest BCUT2D eigenvalue weighted by atomic mass is 32.2. The second-order valence-corrected chi connectivity index (χ2v) is 38.9. The van der Waals surface area contributed by atoms with E-state index in [1.807, 2.05) is 102 Å². The van der Waals surface area contributed by atoms with E-state index in [-0.39, 0.29) is 74.3 Å². The van der Waals surface area contributed by atoms with Gasteiger partial charge in [-0.2, -0.15) is 10.2 Å². The molecule has 0 spiro atoms. The summed E-state index contributed by atoms with van der Waals surface area (Å²) < 4.78 is 87.1. The van der Waals surface area contributed by atoms with E-state index in [1.54, 1.807) is 88.8 Å². The number of aliphatic hydroxyl groups excluding tert-OH is 7. The third kappa shape index (κ3) is 23.1. The molecule has 4 aromatic carbocycles. The van der Waals surface area contributed by atoms with Gasteiger partial charge in [0.1, 0.15) is 42.6 Å². The topological polar surface area (TPSA) is 479 Å². The van der Waals surface area contributed by atoms with Gasteiger partial charge in [-0.25, -0.2) is 48.7 Å². The number of aryl methyl sites for hydroxylation is 3. The average Bonchev–Trinajstić information content (AvgIpc) is 1.63. The number of H-pyrrole nitrogens is 3. The Labute approximate surface area is 699 Å². The molecule has 5 unspecified atom stereocenters. The molecule has 120 heavy (non-hydrogen) atoms. The second-order valence-electron chi connectivity index (χ2n) is 32.6. The Morgan fingerprint density at radius 2 is 0.950 bits per heavy atom. The molecule has 17 atom stereocenters. The number of fused-ring (bicyclic) bond motifs is 4. The van der Waals surface area contributed by atoms with Crippen LogP contribution < -0.4 is 24.3 Å². The van der Waals surface area contributed by atoms with Crippen molar-refractivity contribution < 1.29 is 100 Å². The molecule has 3 saturated carbocycles. The number of carbonyl (C=O) groups excluding carboxylic acids is 3. The van der Waals surface area contributed by atoms with Crippen LogP contribution in [0, 0.1) is 49.4 Å². The number of carbonyl (C=O) groups is 3. The zero-order valence-corrected chi connectivity index (χ0v) is 72.5. The van der Waals surface area contributed by atoms with Crippen LogP contribution in [0.2, 0.25) is 0 Å². The van der Waals surface area contributed by atoms with Gasteiger partial charge in [0.25, 0.3) is 0 Å². The Hall–Kier alpha value is -8.31. The van der Waals surface area contributed by atoms with E-state index < -0.39 is 125 Å². The molecule has 37 heteroatoms. The quantitative estimate of drug-likeness (QED) is 0.0103. The molecule has 13 rings (SSSR count). The van der Waals surface area contributed by atoms with Gasteiger partial charge in [0, 0.05) is 88.5 Å². The summed E-state index contributed by atoms with van der Waals surface area (Å²) in [6.45, 7) is 20.7. The first-order valence-electron chi connectivity index (χ1n) is 39.7. The summed E-state index contributed by atoms with van der Waals surface area (Å²) in [6.07, 6.45) is 3.83. The van der Waals surface area contributed by atoms with E-state index in [0.717, 1.165) is 73.0 Å². The summed E-state index contributed by atoms with van der Waals surface area (Å²) in [5.41, 5.74) is 8.75. The number of rotatable bonds is 33. The van der Waals surface area contributed by atoms with Crippen LogP contribution in [0.5, 0.6) is 11.5 Å². The molecule has 0 amide bonds. The third-order valence-electron chi connectivity index (χ3n) is 21.2. The molecule has 0 aliphatic heterocycles. The standard InChI is InChI=1S/C31H39N4O7P.C27H37N4O7PS.C25H33N4O7P/c1-18-26-27(34-17-33-18)24(14-32-26)23-13-21(28(36)29(23)37)15-41-43(39,35-19(2)30(38)40-16-31(3,4)5)42-25-12-8-10-20-9-6-7-11-22(20)25;1-17-22-23(30-16-29-17)21(13-28-22)20-11-19(24(33)25(20)34)14-38-39(36,31-12-18-7-5-4-6-8-18)37-9-10-40-26(35)27(2,3)15-32;1-14(2)35-25(32)16(4)29-37(33,36-18-8-6-5-7-9-18)34-12-17-10-19(24(31)23(17)30)20-11-26-21-15(3)27-13-28-22(20)21/h6-12,14,17,19,21,23,28-29,32,36-37H,13,15-16H2,1-5H3,(H,35,39);4-8,13,16,19-20,24-25,28,32-34H,9-12,14-15H2,1-3H3,(H,31,36);5-9,11,13-14,16-17,19,23-24,26,30-31H,10,12H2,1-4H3,(H,29,33)/t19?,21-,23+,28-,29+,43?;19-,20+,24-,25+,39?;16?,17-,19+,23-,24+,37?/m111/s1. The molecule has 0 saturated heterocycles. The summed E-state index contributed by atoms with van der Waals surface area (Å²) in [4.78, 5) is 72.6. The number of nitrogens with zero attached hydrogens (tertiary/aromatic N) is 6. The molecule has 3 fully saturated rings. The highest BCUT2D eigenvalue weighted by Gasteiger charge is 2.49. The lowest BCUT2D eigenvalue weighted by molar-refractivity contribution is -0.149. The summed E-state index contributed by atoms with van der Waals surface area (Å²) in [5.74, 6) is -3.31. The fraction of sp³-hybridized carbons (Fsp3) is 0.482. The predicted octanol–water partition coefficient (Wildman–Crippen LogP) is 11.5. The number of aliphatic hydroxyl groups is 7. The maximum Gasteiger partial charge on any atom is 0.459 e. The van der Waals surface area contributed by atoms with Crippen molar-refractivity contribution in [1.82, 2.24) is 60.1 Å². The number of esters is 2. The van der Waals surface area contributed by atoms with Crippen LogP contribution in [0.15, 0.2) is 141 Å². The van der Waals surface area contributed by atoms with Crippen LogP contribution >= 0.6 is 35.0 Å². The number of para-hydroxylation sites is 1. The molecule has 6 aromatic heterocycles. The molecule has 10 aromatic rings. The second kappa shape index (κ2) is 40.3. The van der Waals surface area contributed by atoms with Gasteiger partial charge < -0.3 is 69.2 Å². The zero-order valence-electron chi connectivity index (χ0n) is 69.0. The zero-order chi connectivity index (χ0) is 86.6. The number of aromatic nitrogens is 9. The Kier molecular flexibility index (Phi) is 31.1. The summed E-state index contributed by atoms with van der Waals surface area (Å²) in [7, 11) is -12.2. The first-order chi connectivity index (χ1) is 57.0. The molecule has 33 nitrogen and oxygen atoms in total. The van der Waals surface area contributed by atoms with Crippen LogP contribution in [0.25, 0.3) is 43.9 Å². The van der Waals surface area contributed by atoms with Crippen molar-refractivity contribution >= 4 is 95.9 Å². The first-order valence-corrected chi connectivity index (χ1v) is 45.3. The van der Waals surface area contributed by atoms with E-state index in [4.69, 9.17) is 36.6 Å². The van der Waals surface area contributed by atoms with Crippen LogP contribution in [-0.2, 0) is 62.2 Å². The van der Waals surface area contributed by atoms with Crippen molar-refractivity contribution in [3.05, 3.63) is 180 Å². The van der Waals surface area contributed by atoms with Crippen LogP contribution in [0.3, 0.4) is 0 Å². The lowest BCUT2D eigenvalue weighted by Crippen LogP contribution is -2.37. The molecule has 6 heterocycles. The van der Waals surface area contributed by atoms with Crippen LogP contribution in [-0.4, -0.2) is 198 Å². The van der Waals surface area contributed by atoms with Gasteiger partial charge in [-0.15, -0.1) is 0 Å². The van der Waals surface area contributed by atoms with Crippen molar-refractivity contribution in [2.45, 2.75) is 181 Å². The SMILES string of the molecule is Cc1ncnc2c([C@@H]3C[C@H](COP(=O)(NC(C)C(=O)OC(C)C)Oc4ccccc4)[C@@H](O)[C@H]3O)c[nH]c12.Cc1ncnc2c([C@@H]3C[C@H](COP(=O)(NC(C)C(=O)OCC(C)(C)C)Oc4cccc5ccccc45)[C@@H](O)[C@H]3O)c[nH]c12.Cc1ncnc2c([C@@H]3C[C@H](COP(=O)(NCc4ccccc4)OCCSC(=O)C(C)(C)CO)[C@@H](O)[C@H]3O)c[nH]c12. The monoisotopic (exact) mass is 1730 g/mol. The number of hydrogen-bond donors (Lipinski definition) is 13. The van der Waals surface area contributed by atoms with E-state index in [0.29, 0.717) is 46.9 Å². The lowest BCUT2D eigenvalue weighted by atomic mass is 9.96. The van der Waals surface area contributed by atoms with Gasteiger partial charge in [-0.1, -0.05) is 117 Å². The normalized spacial score (nSPS) is 23.3. The van der Waals surface area contributed by atoms with Crippen molar-refractivity contribution in [3.63, 3.8) is 0 Å². The van der Waals surface area contributed by atoms with Gasteiger partial charge in [-0.3, -0.25) is 32.5 Å². The Morgan fingerprint density at radius 3 is 1.41 bits per heavy atom. The first kappa shape index (κ1) is 92.4. The number of benzene rings is 4. The molecule has 0 bridgehead atoms. The number of thioether (sulfide) groups is 1. The molecule has 3 aliphatic rings. The number of nitrogens with one attached hydrogen (secondary N) is 6. The molecule has 0 radical (unpaired) electrons.